The first-order valence-corrected chi connectivity index (χ1v) is 5.43. The molecule has 1 rings (SSSR count). The lowest BCUT2D eigenvalue weighted by Gasteiger charge is -2.04. The van der Waals surface area contributed by atoms with Gasteiger partial charge in [0.2, 0.25) is 5.91 Å². The second-order valence-corrected chi connectivity index (χ2v) is 4.04. The van der Waals surface area contributed by atoms with Crippen molar-refractivity contribution in [3.8, 4) is 0 Å². The standard InChI is InChI=1S/C12H15ClN2O/c1-9(14)8-15-12(16)7-4-10-2-5-11(13)6-3-10/h2-7,9H,8,14H2,1H3,(H,15,16). The van der Waals surface area contributed by atoms with Gasteiger partial charge in [0.05, 0.1) is 0 Å². The Morgan fingerprint density at radius 3 is 2.69 bits per heavy atom. The summed E-state index contributed by atoms with van der Waals surface area (Å²) in [4.78, 5) is 11.3. The SMILES string of the molecule is CC(N)CNC(=O)C=Cc1ccc(Cl)cc1. The fraction of sp³-hybridized carbons (Fsp3) is 0.250. The maximum absolute atomic E-state index is 11.3. The molecule has 86 valence electrons. The second kappa shape index (κ2) is 6.30. The number of carbonyl (C=O) groups excluding carboxylic acids is 1. The monoisotopic (exact) mass is 238 g/mol. The average molecular weight is 239 g/mol. The number of carbonyl (C=O) groups is 1. The van der Waals surface area contributed by atoms with Gasteiger partial charge in [0.25, 0.3) is 0 Å². The summed E-state index contributed by atoms with van der Waals surface area (Å²) in [5, 5.41) is 3.37. The van der Waals surface area contributed by atoms with E-state index in [1.54, 1.807) is 18.2 Å². The summed E-state index contributed by atoms with van der Waals surface area (Å²) in [6.45, 7) is 2.31. The van der Waals surface area contributed by atoms with Crippen LogP contribution < -0.4 is 11.1 Å². The Morgan fingerprint density at radius 1 is 1.50 bits per heavy atom. The Morgan fingerprint density at radius 2 is 2.12 bits per heavy atom. The molecule has 0 aromatic heterocycles. The average Bonchev–Trinajstić information content (AvgIpc) is 2.25. The van der Waals surface area contributed by atoms with Gasteiger partial charge in [0.1, 0.15) is 0 Å². The maximum atomic E-state index is 11.3. The lowest BCUT2D eigenvalue weighted by atomic mass is 10.2. The van der Waals surface area contributed by atoms with Crippen molar-refractivity contribution >= 4 is 23.6 Å². The van der Waals surface area contributed by atoms with Crippen molar-refractivity contribution in [3.05, 3.63) is 40.9 Å². The molecule has 1 atom stereocenters. The molecule has 0 saturated heterocycles. The Balaban J connectivity index is 2.47. The number of amides is 1. The molecule has 3 nitrogen and oxygen atoms in total. The van der Waals surface area contributed by atoms with Crippen molar-refractivity contribution in [2.24, 2.45) is 5.73 Å². The minimum Gasteiger partial charge on any atom is -0.351 e. The van der Waals surface area contributed by atoms with Crippen LogP contribution in [0.5, 0.6) is 0 Å². The zero-order valence-corrected chi connectivity index (χ0v) is 9.87. The molecule has 0 aliphatic heterocycles. The third-order valence-electron chi connectivity index (χ3n) is 1.90. The second-order valence-electron chi connectivity index (χ2n) is 3.61. The molecule has 1 aromatic carbocycles. The zero-order chi connectivity index (χ0) is 12.0. The smallest absolute Gasteiger partial charge is 0.244 e. The van der Waals surface area contributed by atoms with Gasteiger partial charge in [-0.05, 0) is 30.7 Å². The van der Waals surface area contributed by atoms with E-state index in [0.29, 0.717) is 11.6 Å². The van der Waals surface area contributed by atoms with E-state index in [4.69, 9.17) is 17.3 Å². The van der Waals surface area contributed by atoms with Crippen molar-refractivity contribution < 1.29 is 4.79 Å². The largest absolute Gasteiger partial charge is 0.351 e. The van der Waals surface area contributed by atoms with Gasteiger partial charge in [-0.15, -0.1) is 0 Å². The summed E-state index contributed by atoms with van der Waals surface area (Å²) in [6, 6.07) is 7.21. The van der Waals surface area contributed by atoms with Gasteiger partial charge in [-0.25, -0.2) is 0 Å². The molecule has 1 amide bonds. The first-order valence-electron chi connectivity index (χ1n) is 5.05. The summed E-state index contributed by atoms with van der Waals surface area (Å²) in [5.41, 5.74) is 6.44. The molecule has 1 aromatic rings. The molecule has 0 fully saturated rings. The van der Waals surface area contributed by atoms with Crippen LogP contribution >= 0.6 is 11.6 Å². The lowest BCUT2D eigenvalue weighted by molar-refractivity contribution is -0.116. The van der Waals surface area contributed by atoms with Gasteiger partial charge in [0, 0.05) is 23.7 Å². The van der Waals surface area contributed by atoms with E-state index in [2.05, 4.69) is 5.32 Å². The highest BCUT2D eigenvalue weighted by atomic mass is 35.5. The Bertz CT molecular complexity index is 371. The molecule has 0 aliphatic rings. The first-order chi connectivity index (χ1) is 7.58. The third kappa shape index (κ3) is 4.96. The normalized spacial score (nSPS) is 12.7. The predicted molar refractivity (Wildman–Crippen MR) is 67.1 cm³/mol. The fourth-order valence-electron chi connectivity index (χ4n) is 1.07. The highest BCUT2D eigenvalue weighted by molar-refractivity contribution is 6.30. The summed E-state index contributed by atoms with van der Waals surface area (Å²) >= 11 is 5.74. The summed E-state index contributed by atoms with van der Waals surface area (Å²) in [5.74, 6) is -0.146. The van der Waals surface area contributed by atoms with Crippen molar-refractivity contribution in [2.45, 2.75) is 13.0 Å². The molecule has 1 unspecified atom stereocenters. The van der Waals surface area contributed by atoms with Crippen molar-refractivity contribution in [1.29, 1.82) is 0 Å². The Hall–Kier alpha value is -1.32. The number of rotatable bonds is 4. The molecule has 0 spiro atoms. The highest BCUT2D eigenvalue weighted by Gasteiger charge is 1.97. The molecule has 16 heavy (non-hydrogen) atoms. The molecule has 4 heteroatoms. The number of nitrogens with one attached hydrogen (secondary N) is 1. The quantitative estimate of drug-likeness (QED) is 0.787. The molecule has 0 bridgehead atoms. The molecule has 0 aliphatic carbocycles. The Labute approximate surface area is 100 Å². The van der Waals surface area contributed by atoms with Gasteiger partial charge >= 0.3 is 0 Å². The van der Waals surface area contributed by atoms with Crippen LogP contribution in [0.25, 0.3) is 6.08 Å². The van der Waals surface area contributed by atoms with Crippen LogP contribution in [0.4, 0.5) is 0 Å². The van der Waals surface area contributed by atoms with E-state index < -0.39 is 0 Å². The van der Waals surface area contributed by atoms with Crippen LogP contribution in [0.2, 0.25) is 5.02 Å². The topological polar surface area (TPSA) is 55.1 Å². The number of hydrogen-bond donors (Lipinski definition) is 2. The van der Waals surface area contributed by atoms with Crippen molar-refractivity contribution in [2.75, 3.05) is 6.54 Å². The van der Waals surface area contributed by atoms with Crippen LogP contribution in [-0.2, 0) is 4.79 Å². The van der Waals surface area contributed by atoms with Crippen LogP contribution in [0, 0.1) is 0 Å². The van der Waals surface area contributed by atoms with E-state index in [1.165, 1.54) is 6.08 Å². The lowest BCUT2D eigenvalue weighted by Crippen LogP contribution is -2.34. The van der Waals surface area contributed by atoms with Gasteiger partial charge in [-0.1, -0.05) is 23.7 Å². The zero-order valence-electron chi connectivity index (χ0n) is 9.11. The van der Waals surface area contributed by atoms with Crippen LogP contribution in [0.3, 0.4) is 0 Å². The van der Waals surface area contributed by atoms with E-state index in [1.807, 2.05) is 19.1 Å². The minimum atomic E-state index is -0.146. The minimum absolute atomic E-state index is 0.0344. The molecular formula is C12H15ClN2O. The number of halogens is 1. The van der Waals surface area contributed by atoms with Crippen molar-refractivity contribution in [3.63, 3.8) is 0 Å². The predicted octanol–water partition coefficient (Wildman–Crippen LogP) is 1.82. The summed E-state index contributed by atoms with van der Waals surface area (Å²) in [6.07, 6.45) is 3.21. The first kappa shape index (κ1) is 12.7. The molecule has 3 N–H and O–H groups in total. The molecular weight excluding hydrogens is 224 g/mol. The number of nitrogens with two attached hydrogens (primary N) is 1. The molecule has 0 heterocycles. The van der Waals surface area contributed by atoms with E-state index in [-0.39, 0.29) is 11.9 Å². The maximum Gasteiger partial charge on any atom is 0.244 e. The number of benzene rings is 1. The van der Waals surface area contributed by atoms with E-state index in [9.17, 15) is 4.79 Å². The molecule has 0 saturated carbocycles. The number of hydrogen-bond acceptors (Lipinski definition) is 2. The molecule has 0 radical (unpaired) electrons. The van der Waals surface area contributed by atoms with E-state index in [0.717, 1.165) is 5.56 Å². The summed E-state index contributed by atoms with van der Waals surface area (Å²) < 4.78 is 0. The fourth-order valence-corrected chi connectivity index (χ4v) is 1.19. The van der Waals surface area contributed by atoms with Gasteiger partial charge in [-0.2, -0.15) is 0 Å². The van der Waals surface area contributed by atoms with Gasteiger partial charge < -0.3 is 11.1 Å². The van der Waals surface area contributed by atoms with Crippen LogP contribution in [0.15, 0.2) is 30.3 Å². The van der Waals surface area contributed by atoms with Crippen molar-refractivity contribution in [1.82, 2.24) is 5.32 Å². The van der Waals surface area contributed by atoms with Crippen LogP contribution in [-0.4, -0.2) is 18.5 Å². The Kier molecular flexibility index (Phi) is 5.02. The van der Waals surface area contributed by atoms with Gasteiger partial charge in [0.15, 0.2) is 0 Å². The highest BCUT2D eigenvalue weighted by Crippen LogP contribution is 2.10. The van der Waals surface area contributed by atoms with E-state index >= 15 is 0 Å². The van der Waals surface area contributed by atoms with Gasteiger partial charge in [-0.3, -0.25) is 4.79 Å². The van der Waals surface area contributed by atoms with Crippen LogP contribution in [0.1, 0.15) is 12.5 Å². The third-order valence-corrected chi connectivity index (χ3v) is 2.15. The summed E-state index contributed by atoms with van der Waals surface area (Å²) in [7, 11) is 0.